The highest BCUT2D eigenvalue weighted by atomic mass is 16.4. The van der Waals surface area contributed by atoms with Crippen LogP contribution in [0, 0.1) is 5.41 Å². The first-order valence-electron chi connectivity index (χ1n) is 5.17. The molecule has 0 saturated carbocycles. The van der Waals surface area contributed by atoms with Gasteiger partial charge in [0.05, 0.1) is 6.54 Å². The molecule has 1 atom stereocenters. The molecule has 0 aromatic carbocycles. The third kappa shape index (κ3) is 5.86. The fourth-order valence-corrected chi connectivity index (χ4v) is 1.16. The van der Waals surface area contributed by atoms with Crippen LogP contribution in [0.3, 0.4) is 0 Å². The smallest absolute Gasteiger partial charge is 0.322 e. The molecule has 0 aliphatic carbocycles. The Balaban J connectivity index is 4.63. The molecule has 2 amide bonds. The van der Waals surface area contributed by atoms with Crippen molar-refractivity contribution >= 4 is 17.8 Å². The Morgan fingerprint density at radius 3 is 2.18 bits per heavy atom. The summed E-state index contributed by atoms with van der Waals surface area (Å²) in [6.07, 6.45) is 0. The normalized spacial score (nSPS) is 12.7. The predicted molar refractivity (Wildman–Crippen MR) is 61.1 cm³/mol. The highest BCUT2D eigenvalue weighted by Gasteiger charge is 2.32. The van der Waals surface area contributed by atoms with Crippen molar-refractivity contribution in [3.05, 3.63) is 0 Å². The zero-order valence-electron chi connectivity index (χ0n) is 10.2. The number of carbonyl (C=O) groups excluding carboxylic acids is 2. The topological polar surface area (TPSA) is 122 Å². The van der Waals surface area contributed by atoms with E-state index in [1.165, 1.54) is 0 Å². The van der Waals surface area contributed by atoms with Crippen molar-refractivity contribution < 1.29 is 19.5 Å². The summed E-state index contributed by atoms with van der Waals surface area (Å²) in [5.41, 5.74) is 4.61. The van der Waals surface area contributed by atoms with E-state index in [0.29, 0.717) is 0 Å². The molecule has 0 rings (SSSR count). The average Bonchev–Trinajstić information content (AvgIpc) is 2.20. The number of hydrogen-bond donors (Lipinski definition) is 4. The minimum atomic E-state index is -1.14. The third-order valence-corrected chi connectivity index (χ3v) is 2.03. The Hall–Kier alpha value is -1.63. The van der Waals surface area contributed by atoms with Gasteiger partial charge in [-0.1, -0.05) is 20.8 Å². The number of carboxylic acids is 1. The van der Waals surface area contributed by atoms with Crippen LogP contribution in [0.1, 0.15) is 20.8 Å². The number of nitrogens with two attached hydrogens (primary N) is 1. The fourth-order valence-electron chi connectivity index (χ4n) is 1.16. The van der Waals surface area contributed by atoms with Crippen molar-refractivity contribution in [1.82, 2.24) is 10.6 Å². The van der Waals surface area contributed by atoms with Gasteiger partial charge in [0, 0.05) is 0 Å². The highest BCUT2D eigenvalue weighted by Crippen LogP contribution is 2.19. The molecule has 7 nitrogen and oxygen atoms in total. The number of carbonyl (C=O) groups is 3. The molecule has 98 valence electrons. The highest BCUT2D eigenvalue weighted by molar-refractivity contribution is 5.90. The Labute approximate surface area is 99.7 Å². The number of nitrogens with one attached hydrogen (secondary N) is 2. The van der Waals surface area contributed by atoms with Crippen LogP contribution < -0.4 is 16.4 Å². The van der Waals surface area contributed by atoms with Gasteiger partial charge in [-0.25, -0.2) is 0 Å². The number of hydrogen-bond acceptors (Lipinski definition) is 4. The Bertz CT molecular complexity index is 309. The lowest BCUT2D eigenvalue weighted by Gasteiger charge is -2.30. The minimum absolute atomic E-state index is 0.223. The van der Waals surface area contributed by atoms with Gasteiger partial charge in [0.25, 0.3) is 0 Å². The van der Waals surface area contributed by atoms with Crippen LogP contribution in [0.15, 0.2) is 0 Å². The molecule has 0 unspecified atom stereocenters. The molecule has 17 heavy (non-hydrogen) atoms. The van der Waals surface area contributed by atoms with Crippen LogP contribution in [0.4, 0.5) is 0 Å². The summed E-state index contributed by atoms with van der Waals surface area (Å²) in [5.74, 6) is -2.15. The molecular weight excluding hydrogens is 226 g/mol. The van der Waals surface area contributed by atoms with Crippen molar-refractivity contribution in [3.63, 3.8) is 0 Å². The third-order valence-electron chi connectivity index (χ3n) is 2.03. The van der Waals surface area contributed by atoms with Crippen molar-refractivity contribution in [2.45, 2.75) is 26.8 Å². The summed E-state index contributed by atoms with van der Waals surface area (Å²) >= 11 is 0. The van der Waals surface area contributed by atoms with Gasteiger partial charge in [0.15, 0.2) is 0 Å². The van der Waals surface area contributed by atoms with Crippen molar-refractivity contribution in [3.8, 4) is 0 Å². The molecule has 0 aliphatic heterocycles. The molecular formula is C10H19N3O4. The summed E-state index contributed by atoms with van der Waals surface area (Å²) in [5, 5.41) is 13.1. The van der Waals surface area contributed by atoms with Gasteiger partial charge in [0.2, 0.25) is 11.8 Å². The maximum absolute atomic E-state index is 11.7. The number of rotatable bonds is 5. The van der Waals surface area contributed by atoms with E-state index in [1.807, 2.05) is 0 Å². The maximum Gasteiger partial charge on any atom is 0.322 e. The van der Waals surface area contributed by atoms with E-state index in [2.05, 4.69) is 10.6 Å². The molecule has 5 N–H and O–H groups in total. The molecule has 0 fully saturated rings. The number of carboxylic acid groups (broad SMARTS) is 1. The molecule has 0 heterocycles. The van der Waals surface area contributed by atoms with Crippen LogP contribution in [-0.4, -0.2) is 42.0 Å². The standard InChI is InChI=1S/C10H19N3O4/c1-10(2,3)8(13-6(14)4-11)9(17)12-5-7(15)16/h8H,4-5,11H2,1-3H3,(H,12,17)(H,13,14)(H,15,16)/t8-/m0/s1. The van der Waals surface area contributed by atoms with Gasteiger partial charge in [-0.15, -0.1) is 0 Å². The van der Waals surface area contributed by atoms with E-state index in [-0.39, 0.29) is 6.54 Å². The predicted octanol–water partition coefficient (Wildman–Crippen LogP) is -1.32. The number of aliphatic carboxylic acids is 1. The van der Waals surface area contributed by atoms with Crippen molar-refractivity contribution in [2.75, 3.05) is 13.1 Å². The summed E-state index contributed by atoms with van der Waals surface area (Å²) < 4.78 is 0. The van der Waals surface area contributed by atoms with Crippen LogP contribution in [-0.2, 0) is 14.4 Å². The molecule has 0 aromatic heterocycles. The minimum Gasteiger partial charge on any atom is -0.480 e. The molecule has 7 heteroatoms. The van der Waals surface area contributed by atoms with Crippen molar-refractivity contribution in [2.24, 2.45) is 11.1 Å². The first-order chi connectivity index (χ1) is 7.68. The van der Waals surface area contributed by atoms with Gasteiger partial charge < -0.3 is 21.5 Å². The molecule has 0 spiro atoms. The summed E-state index contributed by atoms with van der Waals surface area (Å²) in [4.78, 5) is 33.2. The molecule has 0 saturated heterocycles. The fraction of sp³-hybridized carbons (Fsp3) is 0.700. The zero-order chi connectivity index (χ0) is 13.6. The maximum atomic E-state index is 11.7. The van der Waals surface area contributed by atoms with E-state index in [1.54, 1.807) is 20.8 Å². The SMILES string of the molecule is CC(C)(C)[C@@H](NC(=O)CN)C(=O)NCC(=O)O. The van der Waals surface area contributed by atoms with E-state index >= 15 is 0 Å². The van der Waals surface area contributed by atoms with Gasteiger partial charge in [-0.2, -0.15) is 0 Å². The monoisotopic (exact) mass is 245 g/mol. The second-order valence-corrected chi connectivity index (χ2v) is 4.68. The van der Waals surface area contributed by atoms with Gasteiger partial charge in [-0.3, -0.25) is 14.4 Å². The lowest BCUT2D eigenvalue weighted by atomic mass is 9.86. The lowest BCUT2D eigenvalue weighted by Crippen LogP contribution is -2.55. The van der Waals surface area contributed by atoms with Gasteiger partial charge >= 0.3 is 5.97 Å². The first-order valence-corrected chi connectivity index (χ1v) is 5.17. The quantitative estimate of drug-likeness (QED) is 0.478. The van der Waals surface area contributed by atoms with Crippen LogP contribution in [0.5, 0.6) is 0 Å². The Morgan fingerprint density at radius 1 is 1.29 bits per heavy atom. The molecule has 0 radical (unpaired) electrons. The van der Waals surface area contributed by atoms with E-state index in [9.17, 15) is 14.4 Å². The van der Waals surface area contributed by atoms with E-state index in [0.717, 1.165) is 0 Å². The molecule has 0 bridgehead atoms. The zero-order valence-corrected chi connectivity index (χ0v) is 10.2. The van der Waals surface area contributed by atoms with E-state index < -0.39 is 35.8 Å². The van der Waals surface area contributed by atoms with Gasteiger partial charge in [-0.05, 0) is 5.41 Å². The summed E-state index contributed by atoms with van der Waals surface area (Å²) in [6.45, 7) is 4.57. The summed E-state index contributed by atoms with van der Waals surface area (Å²) in [7, 11) is 0. The lowest BCUT2D eigenvalue weighted by molar-refractivity contribution is -0.139. The van der Waals surface area contributed by atoms with Crippen LogP contribution >= 0.6 is 0 Å². The van der Waals surface area contributed by atoms with E-state index in [4.69, 9.17) is 10.8 Å². The van der Waals surface area contributed by atoms with Crippen LogP contribution in [0.25, 0.3) is 0 Å². The number of amides is 2. The van der Waals surface area contributed by atoms with Crippen molar-refractivity contribution in [1.29, 1.82) is 0 Å². The first kappa shape index (κ1) is 15.4. The Morgan fingerprint density at radius 2 is 1.82 bits per heavy atom. The summed E-state index contributed by atoms with van der Waals surface area (Å²) in [6, 6.07) is -0.821. The molecule has 0 aromatic rings. The second kappa shape index (κ2) is 6.19. The largest absolute Gasteiger partial charge is 0.480 e. The Kier molecular flexibility index (Phi) is 5.60. The van der Waals surface area contributed by atoms with Gasteiger partial charge in [0.1, 0.15) is 12.6 Å². The van der Waals surface area contributed by atoms with Crippen LogP contribution in [0.2, 0.25) is 0 Å². The second-order valence-electron chi connectivity index (χ2n) is 4.68. The molecule has 0 aliphatic rings. The average molecular weight is 245 g/mol.